The first kappa shape index (κ1) is 27.8. The van der Waals surface area contributed by atoms with E-state index in [1.54, 1.807) is 23.1 Å². The summed E-state index contributed by atoms with van der Waals surface area (Å²) in [5.74, 6) is 0.955. The van der Waals surface area contributed by atoms with Gasteiger partial charge in [-0.05, 0) is 43.2 Å². The van der Waals surface area contributed by atoms with Crippen LogP contribution in [0.3, 0.4) is 0 Å². The normalized spacial score (nSPS) is 15.6. The van der Waals surface area contributed by atoms with Gasteiger partial charge < -0.3 is 29.5 Å². The number of aliphatic hydroxyl groups is 2. The highest BCUT2D eigenvalue weighted by Gasteiger charge is 2.37. The van der Waals surface area contributed by atoms with E-state index in [0.717, 1.165) is 10.7 Å². The van der Waals surface area contributed by atoms with E-state index in [0.29, 0.717) is 66.5 Å². The molecule has 0 amide bonds. The number of fused-ring (bicyclic) bond motifs is 1. The molecule has 214 valence electrons. The standard InChI is InChI=1S/C28H31F3N4O5/c1-39-20-10-18(11-21(13-20)40-2)25-22-4-3-7-33(8-9-36)26(22)27(38)35(32-25)24-12-19(34-14-17(15-34)16-37)5-6-23(24)28(29,30)31/h5-6,10-13,17,36-37H,3-4,7-9,14-16H2,1-2H3. The van der Waals surface area contributed by atoms with Crippen LogP contribution in [0, 0.1) is 5.92 Å². The van der Waals surface area contributed by atoms with Gasteiger partial charge >= 0.3 is 6.18 Å². The van der Waals surface area contributed by atoms with Crippen molar-refractivity contribution in [2.75, 3.05) is 63.4 Å². The number of nitrogens with zero attached hydrogens (tertiary/aromatic N) is 4. The maximum atomic E-state index is 14.3. The predicted molar refractivity (Wildman–Crippen MR) is 144 cm³/mol. The highest BCUT2D eigenvalue weighted by atomic mass is 19.4. The van der Waals surface area contributed by atoms with Crippen LogP contribution in [0.1, 0.15) is 17.5 Å². The van der Waals surface area contributed by atoms with Gasteiger partial charge in [-0.2, -0.15) is 23.0 Å². The Kier molecular flexibility index (Phi) is 7.65. The van der Waals surface area contributed by atoms with Crippen LogP contribution in [0.5, 0.6) is 11.5 Å². The lowest BCUT2D eigenvalue weighted by Gasteiger charge is -2.40. The minimum atomic E-state index is -4.75. The second-order valence-electron chi connectivity index (χ2n) is 9.96. The number of β-amino-alcohol motifs (C(OH)–C–C–N with tert-alkyl or cyclic N) is 1. The van der Waals surface area contributed by atoms with E-state index < -0.39 is 23.0 Å². The molecule has 5 rings (SSSR count). The van der Waals surface area contributed by atoms with Gasteiger partial charge in [0.1, 0.15) is 17.2 Å². The fourth-order valence-corrected chi connectivity index (χ4v) is 5.38. The zero-order chi connectivity index (χ0) is 28.6. The summed E-state index contributed by atoms with van der Waals surface area (Å²) in [7, 11) is 2.98. The van der Waals surface area contributed by atoms with Gasteiger partial charge in [0.05, 0.1) is 37.8 Å². The van der Waals surface area contributed by atoms with Gasteiger partial charge in [-0.25, -0.2) is 0 Å². The fraction of sp³-hybridized carbons (Fsp3) is 0.429. The van der Waals surface area contributed by atoms with Crippen molar-refractivity contribution in [1.82, 2.24) is 9.78 Å². The molecule has 0 unspecified atom stereocenters. The molecule has 2 aliphatic heterocycles. The highest BCUT2D eigenvalue weighted by molar-refractivity contribution is 5.74. The van der Waals surface area contributed by atoms with E-state index in [1.807, 2.05) is 4.90 Å². The molecule has 3 aromatic rings. The van der Waals surface area contributed by atoms with Gasteiger partial charge in [-0.1, -0.05) is 0 Å². The molecule has 1 saturated heterocycles. The number of rotatable bonds is 8. The largest absolute Gasteiger partial charge is 0.497 e. The molecule has 0 bridgehead atoms. The van der Waals surface area contributed by atoms with Crippen molar-refractivity contribution in [2.24, 2.45) is 5.92 Å². The lowest BCUT2D eigenvalue weighted by Crippen LogP contribution is -2.48. The summed E-state index contributed by atoms with van der Waals surface area (Å²) in [6.07, 6.45) is -3.59. The molecule has 2 aromatic carbocycles. The Labute approximate surface area is 229 Å². The first-order chi connectivity index (χ1) is 19.2. The van der Waals surface area contributed by atoms with Crippen molar-refractivity contribution in [2.45, 2.75) is 19.0 Å². The van der Waals surface area contributed by atoms with Gasteiger partial charge in [-0.15, -0.1) is 0 Å². The molecule has 2 N–H and O–H groups in total. The third-order valence-electron chi connectivity index (χ3n) is 7.43. The topological polar surface area (TPSA) is 100 Å². The van der Waals surface area contributed by atoms with Crippen LogP contribution in [0.4, 0.5) is 24.5 Å². The van der Waals surface area contributed by atoms with E-state index in [1.165, 1.54) is 26.4 Å². The number of hydrogen-bond donors (Lipinski definition) is 2. The Balaban J connectivity index is 1.78. The average molecular weight is 561 g/mol. The van der Waals surface area contributed by atoms with Crippen LogP contribution in [0.15, 0.2) is 41.2 Å². The molecule has 0 atom stereocenters. The van der Waals surface area contributed by atoms with Gasteiger partial charge in [0, 0.05) is 61.6 Å². The molecule has 0 spiro atoms. The summed E-state index contributed by atoms with van der Waals surface area (Å²) < 4.78 is 54.6. The number of ether oxygens (including phenoxy) is 2. The minimum Gasteiger partial charge on any atom is -0.497 e. The lowest BCUT2D eigenvalue weighted by molar-refractivity contribution is -0.137. The molecule has 40 heavy (non-hydrogen) atoms. The van der Waals surface area contributed by atoms with E-state index in [9.17, 15) is 28.2 Å². The number of halogens is 3. The summed E-state index contributed by atoms with van der Waals surface area (Å²) in [6, 6.07) is 8.72. The van der Waals surface area contributed by atoms with E-state index in [4.69, 9.17) is 9.47 Å². The summed E-state index contributed by atoms with van der Waals surface area (Å²) in [4.78, 5) is 17.5. The molecule has 1 aromatic heterocycles. The second kappa shape index (κ2) is 11.0. The van der Waals surface area contributed by atoms with Gasteiger partial charge in [0.15, 0.2) is 0 Å². The predicted octanol–water partition coefficient (Wildman–Crippen LogP) is 3.11. The van der Waals surface area contributed by atoms with Gasteiger partial charge in [-0.3, -0.25) is 4.79 Å². The number of anilines is 2. The van der Waals surface area contributed by atoms with Crippen LogP contribution in [0.25, 0.3) is 16.9 Å². The molecule has 0 saturated carbocycles. The number of aliphatic hydroxyl groups excluding tert-OH is 2. The van der Waals surface area contributed by atoms with Crippen molar-refractivity contribution in [1.29, 1.82) is 0 Å². The third kappa shape index (κ3) is 5.08. The SMILES string of the molecule is COc1cc(OC)cc(-c2nn(-c3cc(N4CC(CO)C4)ccc3C(F)(F)F)c(=O)c3c2CCCN3CCO)c1. The highest BCUT2D eigenvalue weighted by Crippen LogP contribution is 2.39. The van der Waals surface area contributed by atoms with Crippen molar-refractivity contribution in [3.63, 3.8) is 0 Å². The maximum absolute atomic E-state index is 14.3. The monoisotopic (exact) mass is 560 g/mol. The molecule has 0 aliphatic carbocycles. The van der Waals surface area contributed by atoms with E-state index >= 15 is 0 Å². The third-order valence-corrected chi connectivity index (χ3v) is 7.43. The van der Waals surface area contributed by atoms with Gasteiger partial charge in [0.2, 0.25) is 0 Å². The smallest absolute Gasteiger partial charge is 0.418 e. The maximum Gasteiger partial charge on any atom is 0.418 e. The molecular weight excluding hydrogens is 529 g/mol. The van der Waals surface area contributed by atoms with Crippen LogP contribution >= 0.6 is 0 Å². The molecule has 1 fully saturated rings. The van der Waals surface area contributed by atoms with Crippen molar-refractivity contribution in [3.05, 3.63) is 57.9 Å². The fourth-order valence-electron chi connectivity index (χ4n) is 5.38. The summed E-state index contributed by atoms with van der Waals surface area (Å²) in [5.41, 5.74) is 0.0729. The van der Waals surface area contributed by atoms with Crippen LogP contribution in [-0.2, 0) is 12.6 Å². The number of benzene rings is 2. The molecule has 3 heterocycles. The minimum absolute atomic E-state index is 0.0100. The number of hydrogen-bond acceptors (Lipinski definition) is 8. The summed E-state index contributed by atoms with van der Waals surface area (Å²) >= 11 is 0. The summed E-state index contributed by atoms with van der Waals surface area (Å²) in [5, 5.41) is 23.7. The quantitative estimate of drug-likeness (QED) is 0.434. The zero-order valence-electron chi connectivity index (χ0n) is 22.2. The lowest BCUT2D eigenvalue weighted by atomic mass is 9.96. The Morgan fingerprint density at radius 1 is 1.05 bits per heavy atom. The van der Waals surface area contributed by atoms with Crippen LogP contribution in [-0.4, -0.2) is 73.6 Å². The van der Waals surface area contributed by atoms with Gasteiger partial charge in [0.25, 0.3) is 5.56 Å². The number of methoxy groups -OCH3 is 2. The summed E-state index contributed by atoms with van der Waals surface area (Å²) in [6.45, 7) is 1.36. The Morgan fingerprint density at radius 2 is 1.75 bits per heavy atom. The molecule has 2 aliphatic rings. The average Bonchev–Trinajstić information content (AvgIpc) is 2.92. The molecule has 0 radical (unpaired) electrons. The zero-order valence-corrected chi connectivity index (χ0v) is 22.2. The Morgan fingerprint density at radius 3 is 2.35 bits per heavy atom. The van der Waals surface area contributed by atoms with Crippen molar-refractivity contribution < 1.29 is 32.9 Å². The van der Waals surface area contributed by atoms with Crippen LogP contribution < -0.4 is 24.8 Å². The first-order valence-electron chi connectivity index (χ1n) is 13.0. The molecule has 12 heteroatoms. The Hall–Kier alpha value is -3.77. The molecule has 9 nitrogen and oxygen atoms in total. The van der Waals surface area contributed by atoms with Crippen molar-refractivity contribution in [3.8, 4) is 28.4 Å². The second-order valence-corrected chi connectivity index (χ2v) is 9.96. The first-order valence-corrected chi connectivity index (χ1v) is 13.0. The molecular formula is C28H31F3N4O5. The Bertz CT molecular complexity index is 1430. The number of aromatic nitrogens is 2. The van der Waals surface area contributed by atoms with Crippen LogP contribution in [0.2, 0.25) is 0 Å². The van der Waals surface area contributed by atoms with E-state index in [-0.39, 0.29) is 31.4 Å². The van der Waals surface area contributed by atoms with Crippen molar-refractivity contribution >= 4 is 11.4 Å². The number of alkyl halides is 3. The van der Waals surface area contributed by atoms with E-state index in [2.05, 4.69) is 5.10 Å².